The minimum atomic E-state index is -0.831. The van der Waals surface area contributed by atoms with E-state index in [2.05, 4.69) is 0 Å². The molecule has 19 heavy (non-hydrogen) atoms. The summed E-state index contributed by atoms with van der Waals surface area (Å²) in [5.74, 6) is -1.97. The Kier molecular flexibility index (Phi) is 3.54. The zero-order chi connectivity index (χ0) is 14.0. The fourth-order valence-electron chi connectivity index (χ4n) is 1.41. The Morgan fingerprint density at radius 2 is 1.84 bits per heavy atom. The molecule has 0 spiro atoms. The van der Waals surface area contributed by atoms with E-state index < -0.39 is 11.6 Å². The molecular weight excluding hydrogens is 274 g/mol. The van der Waals surface area contributed by atoms with Crippen LogP contribution < -0.4 is 10.5 Å². The zero-order valence-corrected chi connectivity index (χ0v) is 10.2. The van der Waals surface area contributed by atoms with Crippen molar-refractivity contribution in [2.45, 2.75) is 0 Å². The average molecular weight is 281 g/mol. The number of nitriles is 1. The molecule has 0 aromatic heterocycles. The first-order chi connectivity index (χ1) is 9.01. The summed E-state index contributed by atoms with van der Waals surface area (Å²) in [6.07, 6.45) is 0. The Bertz CT molecular complexity index is 683. The van der Waals surface area contributed by atoms with Gasteiger partial charge in [0.25, 0.3) is 0 Å². The fourth-order valence-corrected chi connectivity index (χ4v) is 1.58. The standard InChI is InChI=1S/C13H7ClF2N2O/c14-8-2-1-7(6-17)12(3-8)19-13-5-9(15)11(18)4-10(13)16/h1-5H,18H2. The predicted octanol–water partition coefficient (Wildman–Crippen LogP) is 3.86. The lowest BCUT2D eigenvalue weighted by molar-refractivity contribution is 0.436. The summed E-state index contributed by atoms with van der Waals surface area (Å²) in [5.41, 5.74) is 5.05. The van der Waals surface area contributed by atoms with Gasteiger partial charge in [-0.2, -0.15) is 5.26 Å². The van der Waals surface area contributed by atoms with E-state index in [-0.39, 0.29) is 22.7 Å². The second-order valence-corrected chi connectivity index (χ2v) is 4.09. The van der Waals surface area contributed by atoms with E-state index in [1.165, 1.54) is 18.2 Å². The zero-order valence-electron chi connectivity index (χ0n) is 9.45. The van der Waals surface area contributed by atoms with Crippen molar-refractivity contribution in [2.75, 3.05) is 5.73 Å². The molecule has 0 saturated heterocycles. The number of benzene rings is 2. The van der Waals surface area contributed by atoms with E-state index in [9.17, 15) is 8.78 Å². The van der Waals surface area contributed by atoms with Gasteiger partial charge in [-0.15, -0.1) is 0 Å². The Balaban J connectivity index is 2.45. The van der Waals surface area contributed by atoms with Crippen LogP contribution in [0.4, 0.5) is 14.5 Å². The number of anilines is 1. The Morgan fingerprint density at radius 3 is 2.53 bits per heavy atom. The highest BCUT2D eigenvalue weighted by Crippen LogP contribution is 2.31. The maximum absolute atomic E-state index is 13.6. The number of nitrogens with zero attached hydrogens (tertiary/aromatic N) is 1. The van der Waals surface area contributed by atoms with Crippen molar-refractivity contribution in [1.82, 2.24) is 0 Å². The fraction of sp³-hybridized carbons (Fsp3) is 0. The molecule has 0 heterocycles. The number of ether oxygens (including phenoxy) is 1. The highest BCUT2D eigenvalue weighted by Gasteiger charge is 2.12. The maximum atomic E-state index is 13.6. The number of nitrogens with two attached hydrogens (primary N) is 1. The molecule has 0 radical (unpaired) electrons. The third-order valence-electron chi connectivity index (χ3n) is 2.34. The van der Waals surface area contributed by atoms with Crippen molar-refractivity contribution in [3.8, 4) is 17.6 Å². The normalized spacial score (nSPS) is 10.0. The first kappa shape index (κ1) is 13.1. The summed E-state index contributed by atoms with van der Waals surface area (Å²) in [6.45, 7) is 0. The molecule has 0 unspecified atom stereocenters. The monoisotopic (exact) mass is 280 g/mol. The number of hydrogen-bond donors (Lipinski definition) is 1. The van der Waals surface area contributed by atoms with Crippen LogP contribution in [0.5, 0.6) is 11.5 Å². The second kappa shape index (κ2) is 5.12. The van der Waals surface area contributed by atoms with Crippen molar-refractivity contribution in [1.29, 1.82) is 5.26 Å². The van der Waals surface area contributed by atoms with Crippen LogP contribution in [0.3, 0.4) is 0 Å². The molecule has 2 rings (SSSR count). The van der Waals surface area contributed by atoms with Gasteiger partial charge in [0.2, 0.25) is 0 Å². The largest absolute Gasteiger partial charge is 0.453 e. The molecule has 0 saturated carbocycles. The number of halogens is 3. The summed E-state index contributed by atoms with van der Waals surface area (Å²) in [6, 6.07) is 7.74. The summed E-state index contributed by atoms with van der Waals surface area (Å²) in [5, 5.41) is 9.20. The van der Waals surface area contributed by atoms with Crippen molar-refractivity contribution >= 4 is 17.3 Å². The lowest BCUT2D eigenvalue weighted by atomic mass is 10.2. The smallest absolute Gasteiger partial charge is 0.167 e. The van der Waals surface area contributed by atoms with Crippen LogP contribution in [0.2, 0.25) is 5.02 Å². The molecule has 0 atom stereocenters. The topological polar surface area (TPSA) is 59.0 Å². The van der Waals surface area contributed by atoms with E-state index in [0.717, 1.165) is 12.1 Å². The van der Waals surface area contributed by atoms with Crippen LogP contribution in [-0.2, 0) is 0 Å². The molecule has 0 aliphatic heterocycles. The van der Waals surface area contributed by atoms with Crippen LogP contribution in [-0.4, -0.2) is 0 Å². The maximum Gasteiger partial charge on any atom is 0.167 e. The van der Waals surface area contributed by atoms with Gasteiger partial charge in [0.05, 0.1) is 11.3 Å². The third-order valence-corrected chi connectivity index (χ3v) is 2.57. The first-order valence-electron chi connectivity index (χ1n) is 5.13. The number of nitrogen functional groups attached to an aromatic ring is 1. The van der Waals surface area contributed by atoms with E-state index >= 15 is 0 Å². The minimum absolute atomic E-state index is 0.0399. The summed E-state index contributed by atoms with van der Waals surface area (Å²) >= 11 is 5.76. The van der Waals surface area contributed by atoms with Crippen molar-refractivity contribution < 1.29 is 13.5 Å². The molecule has 0 aliphatic rings. The lowest BCUT2D eigenvalue weighted by Crippen LogP contribution is -1.96. The SMILES string of the molecule is N#Cc1ccc(Cl)cc1Oc1cc(F)c(N)cc1F. The average Bonchev–Trinajstić information content (AvgIpc) is 2.36. The minimum Gasteiger partial charge on any atom is -0.453 e. The molecule has 3 nitrogen and oxygen atoms in total. The van der Waals surface area contributed by atoms with Crippen molar-refractivity contribution in [2.24, 2.45) is 0 Å². The van der Waals surface area contributed by atoms with Gasteiger partial charge in [-0.3, -0.25) is 0 Å². The summed E-state index contributed by atoms with van der Waals surface area (Å²) in [4.78, 5) is 0. The Labute approximate surface area is 112 Å². The molecule has 0 aliphatic carbocycles. The van der Waals surface area contributed by atoms with Crippen LogP contribution in [0.25, 0.3) is 0 Å². The van der Waals surface area contributed by atoms with Gasteiger partial charge in [-0.05, 0) is 12.1 Å². The van der Waals surface area contributed by atoms with Crippen LogP contribution in [0, 0.1) is 23.0 Å². The van der Waals surface area contributed by atoms with Gasteiger partial charge in [-0.25, -0.2) is 8.78 Å². The molecule has 0 fully saturated rings. The van der Waals surface area contributed by atoms with Gasteiger partial charge in [0, 0.05) is 23.2 Å². The van der Waals surface area contributed by atoms with Gasteiger partial charge in [-0.1, -0.05) is 11.6 Å². The third kappa shape index (κ3) is 2.75. The van der Waals surface area contributed by atoms with Crippen LogP contribution in [0.1, 0.15) is 5.56 Å². The molecular formula is C13H7ClF2N2O. The molecule has 0 bridgehead atoms. The van der Waals surface area contributed by atoms with Crippen LogP contribution in [0.15, 0.2) is 30.3 Å². The Morgan fingerprint density at radius 1 is 1.11 bits per heavy atom. The molecule has 96 valence electrons. The first-order valence-corrected chi connectivity index (χ1v) is 5.51. The van der Waals surface area contributed by atoms with E-state index in [0.29, 0.717) is 5.02 Å². The second-order valence-electron chi connectivity index (χ2n) is 3.66. The van der Waals surface area contributed by atoms with Gasteiger partial charge >= 0.3 is 0 Å². The number of hydrogen-bond acceptors (Lipinski definition) is 3. The molecule has 2 N–H and O–H groups in total. The molecule has 2 aromatic rings. The molecule has 2 aromatic carbocycles. The van der Waals surface area contributed by atoms with Gasteiger partial charge in [0.1, 0.15) is 17.6 Å². The molecule has 6 heteroatoms. The predicted molar refractivity (Wildman–Crippen MR) is 67.0 cm³/mol. The lowest BCUT2D eigenvalue weighted by Gasteiger charge is -2.09. The van der Waals surface area contributed by atoms with Gasteiger partial charge in [0.15, 0.2) is 11.6 Å². The van der Waals surface area contributed by atoms with E-state index in [4.69, 9.17) is 27.3 Å². The summed E-state index contributed by atoms with van der Waals surface area (Å²) < 4.78 is 32.0. The quantitative estimate of drug-likeness (QED) is 0.850. The highest BCUT2D eigenvalue weighted by molar-refractivity contribution is 6.30. The number of rotatable bonds is 2. The van der Waals surface area contributed by atoms with Crippen molar-refractivity contribution in [3.63, 3.8) is 0 Å². The highest BCUT2D eigenvalue weighted by atomic mass is 35.5. The van der Waals surface area contributed by atoms with Crippen molar-refractivity contribution in [3.05, 3.63) is 52.6 Å². The van der Waals surface area contributed by atoms with E-state index in [1.807, 2.05) is 6.07 Å². The van der Waals surface area contributed by atoms with Crippen LogP contribution >= 0.6 is 11.6 Å². The van der Waals surface area contributed by atoms with Gasteiger partial charge < -0.3 is 10.5 Å². The summed E-state index contributed by atoms with van der Waals surface area (Å²) in [7, 11) is 0. The van der Waals surface area contributed by atoms with E-state index in [1.54, 1.807) is 0 Å². The molecule has 0 amide bonds. The Hall–Kier alpha value is -2.32.